The van der Waals surface area contributed by atoms with E-state index in [0.717, 1.165) is 9.35 Å². The molecule has 0 radical (unpaired) electrons. The number of nitrogens with one attached hydrogen (secondary N) is 2. The highest BCUT2D eigenvalue weighted by molar-refractivity contribution is 9.11. The minimum Gasteiger partial charge on any atom is -0.346 e. The minimum absolute atomic E-state index is 0.140. The Labute approximate surface area is 160 Å². The molecule has 0 spiro atoms. The number of thiophene rings is 1. The smallest absolute Gasteiger partial charge is 0.262 e. The van der Waals surface area contributed by atoms with Gasteiger partial charge in [0.25, 0.3) is 5.91 Å². The van der Waals surface area contributed by atoms with Crippen LogP contribution < -0.4 is 10.6 Å². The number of likely N-dealkylation sites (N-methyl/N-ethyl adjacent to an activating group) is 1. The molecule has 5 nitrogen and oxygen atoms in total. The van der Waals surface area contributed by atoms with Crippen molar-refractivity contribution in [1.29, 1.82) is 0 Å². The summed E-state index contributed by atoms with van der Waals surface area (Å²) >= 11 is 4.67. The van der Waals surface area contributed by atoms with Crippen LogP contribution in [0.15, 0.2) is 46.3 Å². The number of carbonyl (C=O) groups is 2. The predicted octanol–water partition coefficient (Wildman–Crippen LogP) is 3.05. The lowest BCUT2D eigenvalue weighted by Gasteiger charge is -2.24. The van der Waals surface area contributed by atoms with Gasteiger partial charge in [-0.2, -0.15) is 0 Å². The van der Waals surface area contributed by atoms with Gasteiger partial charge in [-0.1, -0.05) is 30.3 Å². The molecule has 0 saturated heterocycles. The average Bonchev–Trinajstić information content (AvgIpc) is 3.01. The van der Waals surface area contributed by atoms with Crippen LogP contribution in [0.4, 0.5) is 0 Å². The van der Waals surface area contributed by atoms with E-state index < -0.39 is 6.04 Å². The molecule has 0 bridgehead atoms. The predicted molar refractivity (Wildman–Crippen MR) is 105 cm³/mol. The van der Waals surface area contributed by atoms with Crippen molar-refractivity contribution in [2.45, 2.75) is 19.0 Å². The molecule has 1 aromatic heterocycles. The fourth-order valence-electron chi connectivity index (χ4n) is 2.35. The van der Waals surface area contributed by atoms with Crippen LogP contribution >= 0.6 is 27.3 Å². The van der Waals surface area contributed by atoms with Crippen LogP contribution in [-0.4, -0.2) is 43.4 Å². The van der Waals surface area contributed by atoms with Crippen LogP contribution in [0.3, 0.4) is 0 Å². The maximum absolute atomic E-state index is 12.5. The normalized spacial score (nSPS) is 13.3. The first kappa shape index (κ1) is 19.6. The van der Waals surface area contributed by atoms with E-state index in [2.05, 4.69) is 26.6 Å². The zero-order valence-corrected chi connectivity index (χ0v) is 16.9. The largest absolute Gasteiger partial charge is 0.346 e. The number of rotatable bonds is 7. The lowest BCUT2D eigenvalue weighted by atomic mass is 10.1. The second-order valence-corrected chi connectivity index (χ2v) is 8.50. The van der Waals surface area contributed by atoms with Crippen LogP contribution in [0.5, 0.6) is 0 Å². The molecule has 0 saturated carbocycles. The van der Waals surface area contributed by atoms with Crippen molar-refractivity contribution in [3.8, 4) is 0 Å². The van der Waals surface area contributed by atoms with Gasteiger partial charge in [0.05, 0.1) is 14.7 Å². The number of nitrogens with zero attached hydrogens (tertiary/aromatic N) is 1. The lowest BCUT2D eigenvalue weighted by Crippen LogP contribution is -2.47. The molecule has 2 rings (SSSR count). The highest BCUT2D eigenvalue weighted by Crippen LogP contribution is 2.22. The Kier molecular flexibility index (Phi) is 7.16. The maximum Gasteiger partial charge on any atom is 0.262 e. The second-order valence-electron chi connectivity index (χ2n) is 6.03. The Morgan fingerprint density at radius 3 is 2.36 bits per heavy atom. The topological polar surface area (TPSA) is 61.4 Å². The van der Waals surface area contributed by atoms with Gasteiger partial charge in [0, 0.05) is 6.54 Å². The van der Waals surface area contributed by atoms with Gasteiger partial charge in [-0.3, -0.25) is 9.59 Å². The molecule has 0 aliphatic carbocycles. The Hall–Kier alpha value is -1.70. The Bertz CT molecular complexity index is 718. The summed E-state index contributed by atoms with van der Waals surface area (Å²) in [5, 5.41) is 5.77. The Morgan fingerprint density at radius 1 is 1.12 bits per heavy atom. The lowest BCUT2D eigenvalue weighted by molar-refractivity contribution is -0.123. The number of amides is 2. The van der Waals surface area contributed by atoms with Crippen LogP contribution in [0.25, 0.3) is 0 Å². The van der Waals surface area contributed by atoms with Gasteiger partial charge in [-0.15, -0.1) is 11.3 Å². The molecule has 2 amide bonds. The van der Waals surface area contributed by atoms with Gasteiger partial charge in [0.15, 0.2) is 0 Å². The van der Waals surface area contributed by atoms with Crippen LogP contribution in [0.1, 0.15) is 28.2 Å². The van der Waals surface area contributed by atoms with Crippen molar-refractivity contribution in [3.63, 3.8) is 0 Å². The van der Waals surface area contributed by atoms with Crippen molar-refractivity contribution < 1.29 is 9.59 Å². The monoisotopic (exact) mass is 423 g/mol. The van der Waals surface area contributed by atoms with Gasteiger partial charge in [-0.05, 0) is 54.6 Å². The summed E-state index contributed by atoms with van der Waals surface area (Å²) in [6, 6.07) is 12.6. The van der Waals surface area contributed by atoms with E-state index in [0.29, 0.717) is 11.4 Å². The molecule has 2 unspecified atom stereocenters. The fourth-order valence-corrected chi connectivity index (χ4v) is 3.64. The quantitative estimate of drug-likeness (QED) is 0.719. The zero-order chi connectivity index (χ0) is 18.4. The van der Waals surface area contributed by atoms with Crippen molar-refractivity contribution in [2.75, 3.05) is 20.6 Å². The molecule has 7 heteroatoms. The number of hydrogen-bond donors (Lipinski definition) is 2. The SMILES string of the molecule is CC(NC(=O)c1ccc(Br)s1)C(=O)NC(CN(C)C)c1ccccc1. The molecule has 0 fully saturated rings. The molecule has 2 N–H and O–H groups in total. The highest BCUT2D eigenvalue weighted by Gasteiger charge is 2.21. The summed E-state index contributed by atoms with van der Waals surface area (Å²) in [6.07, 6.45) is 0. The fraction of sp³-hybridized carbons (Fsp3) is 0.333. The average molecular weight is 424 g/mol. The summed E-state index contributed by atoms with van der Waals surface area (Å²) in [7, 11) is 3.92. The third-order valence-corrected chi connectivity index (χ3v) is 5.23. The van der Waals surface area contributed by atoms with Crippen LogP contribution in [0.2, 0.25) is 0 Å². The number of halogens is 1. The van der Waals surface area contributed by atoms with E-state index in [4.69, 9.17) is 0 Å². The highest BCUT2D eigenvalue weighted by atomic mass is 79.9. The van der Waals surface area contributed by atoms with E-state index in [1.807, 2.05) is 55.4 Å². The summed E-state index contributed by atoms with van der Waals surface area (Å²) in [6.45, 7) is 2.36. The molecular formula is C18H22BrN3O2S. The maximum atomic E-state index is 12.5. The summed E-state index contributed by atoms with van der Waals surface area (Å²) in [5.74, 6) is -0.457. The van der Waals surface area contributed by atoms with Crippen LogP contribution in [0, 0.1) is 0 Å². The van der Waals surface area contributed by atoms with E-state index in [1.54, 1.807) is 13.0 Å². The molecular weight excluding hydrogens is 402 g/mol. The molecule has 1 aromatic carbocycles. The van der Waals surface area contributed by atoms with Gasteiger partial charge in [0.2, 0.25) is 5.91 Å². The third kappa shape index (κ3) is 5.95. The first-order valence-corrected chi connectivity index (χ1v) is 9.54. The molecule has 2 aromatic rings. The second kappa shape index (κ2) is 9.12. The molecule has 1 heterocycles. The molecule has 134 valence electrons. The van der Waals surface area contributed by atoms with Gasteiger partial charge < -0.3 is 15.5 Å². The van der Waals surface area contributed by atoms with Gasteiger partial charge in [-0.25, -0.2) is 0 Å². The van der Waals surface area contributed by atoms with E-state index in [9.17, 15) is 9.59 Å². The summed E-state index contributed by atoms with van der Waals surface area (Å²) in [5.41, 5.74) is 1.03. The van der Waals surface area contributed by atoms with Crippen molar-refractivity contribution >= 4 is 39.1 Å². The minimum atomic E-state index is -0.623. The molecule has 2 atom stereocenters. The molecule has 25 heavy (non-hydrogen) atoms. The number of benzene rings is 1. The van der Waals surface area contributed by atoms with Gasteiger partial charge in [0.1, 0.15) is 6.04 Å². The standard InChI is InChI=1S/C18H22BrN3O2S/c1-12(20-18(24)15-9-10-16(19)25-15)17(23)21-14(11-22(2)3)13-7-5-4-6-8-13/h4-10,12,14H,11H2,1-3H3,(H,20,24)(H,21,23). The molecule has 0 aliphatic heterocycles. The van der Waals surface area contributed by atoms with Gasteiger partial charge >= 0.3 is 0 Å². The third-order valence-electron chi connectivity index (χ3n) is 3.60. The van der Waals surface area contributed by atoms with Crippen molar-refractivity contribution in [2.24, 2.45) is 0 Å². The number of carbonyl (C=O) groups excluding carboxylic acids is 2. The van der Waals surface area contributed by atoms with Crippen molar-refractivity contribution in [3.05, 3.63) is 56.7 Å². The molecule has 0 aliphatic rings. The first-order chi connectivity index (χ1) is 11.9. The summed E-state index contributed by atoms with van der Waals surface area (Å²) in [4.78, 5) is 27.3. The summed E-state index contributed by atoms with van der Waals surface area (Å²) < 4.78 is 0.880. The Morgan fingerprint density at radius 2 is 1.80 bits per heavy atom. The first-order valence-electron chi connectivity index (χ1n) is 7.93. The van der Waals surface area contributed by atoms with Crippen LogP contribution in [-0.2, 0) is 4.79 Å². The van der Waals surface area contributed by atoms with E-state index in [-0.39, 0.29) is 17.9 Å². The van der Waals surface area contributed by atoms with Crippen molar-refractivity contribution in [1.82, 2.24) is 15.5 Å². The van der Waals surface area contributed by atoms with E-state index in [1.165, 1.54) is 11.3 Å². The Balaban J connectivity index is 2.00. The number of hydrogen-bond acceptors (Lipinski definition) is 4. The zero-order valence-electron chi connectivity index (χ0n) is 14.5. The van der Waals surface area contributed by atoms with E-state index >= 15 is 0 Å².